The highest BCUT2D eigenvalue weighted by molar-refractivity contribution is 5.83. The molecule has 1 heterocycles. The van der Waals surface area contributed by atoms with Crippen LogP contribution < -0.4 is 0 Å². The fourth-order valence-corrected chi connectivity index (χ4v) is 3.07. The quantitative estimate of drug-likeness (QED) is 0.683. The third-order valence-corrected chi connectivity index (χ3v) is 4.22. The molecule has 0 bridgehead atoms. The number of hydrogen-bond acceptors (Lipinski definition) is 2. The molecule has 0 spiro atoms. The summed E-state index contributed by atoms with van der Waals surface area (Å²) >= 11 is 0. The van der Waals surface area contributed by atoms with Crippen LogP contribution in [-0.4, -0.2) is 24.0 Å². The van der Waals surface area contributed by atoms with Crippen LogP contribution in [0.1, 0.15) is 56.4 Å². The monoisotopic (exact) mass is 298 g/mol. The molecule has 2 aromatic rings. The molecule has 2 heteroatoms. The van der Waals surface area contributed by atoms with E-state index in [0.717, 1.165) is 24.9 Å². The summed E-state index contributed by atoms with van der Waals surface area (Å²) in [6.07, 6.45) is 7.22. The van der Waals surface area contributed by atoms with E-state index in [-0.39, 0.29) is 0 Å². The van der Waals surface area contributed by atoms with Gasteiger partial charge in [-0.1, -0.05) is 44.9 Å². The molecular weight excluding hydrogens is 268 g/mol. The maximum absolute atomic E-state index is 5.02. The summed E-state index contributed by atoms with van der Waals surface area (Å²) in [7, 11) is 4.31. The molecule has 0 saturated heterocycles. The molecule has 0 amide bonds. The summed E-state index contributed by atoms with van der Waals surface area (Å²) in [4.78, 5) is 7.29. The van der Waals surface area contributed by atoms with Crippen LogP contribution in [-0.2, 0) is 19.4 Å². The molecular formula is C20H30N2. The van der Waals surface area contributed by atoms with Crippen molar-refractivity contribution in [1.82, 2.24) is 9.88 Å². The zero-order chi connectivity index (χ0) is 15.9. The Morgan fingerprint density at radius 1 is 0.909 bits per heavy atom. The zero-order valence-electron chi connectivity index (χ0n) is 14.7. The molecule has 120 valence electrons. The Morgan fingerprint density at radius 3 is 2.27 bits per heavy atom. The molecule has 1 aromatic heterocycles. The second kappa shape index (κ2) is 8.28. The molecule has 0 unspecified atom stereocenters. The lowest BCUT2D eigenvalue weighted by molar-refractivity contribution is 0.402. The van der Waals surface area contributed by atoms with E-state index < -0.39 is 0 Å². The molecule has 0 atom stereocenters. The van der Waals surface area contributed by atoms with Crippen molar-refractivity contribution in [3.05, 3.63) is 41.1 Å². The van der Waals surface area contributed by atoms with Gasteiger partial charge in [0.2, 0.25) is 0 Å². The molecule has 0 aliphatic carbocycles. The van der Waals surface area contributed by atoms with E-state index in [1.807, 2.05) is 0 Å². The summed E-state index contributed by atoms with van der Waals surface area (Å²) in [6.45, 7) is 5.53. The van der Waals surface area contributed by atoms with Crippen LogP contribution in [0.2, 0.25) is 0 Å². The topological polar surface area (TPSA) is 16.1 Å². The number of benzene rings is 1. The Hall–Kier alpha value is -1.41. The second-order valence-electron chi connectivity index (χ2n) is 6.48. The fourth-order valence-electron chi connectivity index (χ4n) is 3.07. The van der Waals surface area contributed by atoms with Crippen LogP contribution in [0, 0.1) is 0 Å². The van der Waals surface area contributed by atoms with Gasteiger partial charge in [-0.3, -0.25) is 4.98 Å². The predicted molar refractivity (Wildman–Crippen MR) is 96.4 cm³/mol. The van der Waals surface area contributed by atoms with Gasteiger partial charge in [-0.25, -0.2) is 0 Å². The van der Waals surface area contributed by atoms with E-state index >= 15 is 0 Å². The molecule has 0 saturated carbocycles. The first kappa shape index (κ1) is 17.0. The molecule has 0 N–H and O–H groups in total. The van der Waals surface area contributed by atoms with Crippen molar-refractivity contribution >= 4 is 10.9 Å². The third-order valence-electron chi connectivity index (χ3n) is 4.22. The Kier molecular flexibility index (Phi) is 6.38. The molecule has 1 aromatic carbocycles. The molecule has 22 heavy (non-hydrogen) atoms. The Morgan fingerprint density at radius 2 is 1.59 bits per heavy atom. The highest BCUT2D eigenvalue weighted by Gasteiger charge is 2.15. The van der Waals surface area contributed by atoms with Gasteiger partial charge in [-0.05, 0) is 57.0 Å². The van der Waals surface area contributed by atoms with Crippen molar-refractivity contribution in [3.63, 3.8) is 0 Å². The summed E-state index contributed by atoms with van der Waals surface area (Å²) in [5.74, 6) is 0. The fraction of sp³-hybridized carbons (Fsp3) is 0.550. The summed E-state index contributed by atoms with van der Waals surface area (Å²) in [6, 6.07) is 8.64. The minimum absolute atomic E-state index is 1.00. The van der Waals surface area contributed by atoms with Crippen molar-refractivity contribution in [2.45, 2.75) is 58.9 Å². The molecule has 0 radical (unpaired) electrons. The van der Waals surface area contributed by atoms with Gasteiger partial charge in [0.15, 0.2) is 0 Å². The first-order chi connectivity index (χ1) is 10.7. The van der Waals surface area contributed by atoms with Gasteiger partial charge in [-0.15, -0.1) is 0 Å². The van der Waals surface area contributed by atoms with Crippen LogP contribution in [0.5, 0.6) is 0 Å². The number of fused-ring (bicyclic) bond motifs is 1. The summed E-state index contributed by atoms with van der Waals surface area (Å²) in [5.41, 5.74) is 5.51. The zero-order valence-corrected chi connectivity index (χ0v) is 14.7. The van der Waals surface area contributed by atoms with Gasteiger partial charge in [0.25, 0.3) is 0 Å². The van der Waals surface area contributed by atoms with Crippen molar-refractivity contribution in [1.29, 1.82) is 0 Å². The first-order valence-electron chi connectivity index (χ1n) is 8.71. The summed E-state index contributed by atoms with van der Waals surface area (Å²) < 4.78 is 0. The first-order valence-corrected chi connectivity index (χ1v) is 8.71. The minimum atomic E-state index is 1.00. The van der Waals surface area contributed by atoms with E-state index in [9.17, 15) is 0 Å². The van der Waals surface area contributed by atoms with Gasteiger partial charge >= 0.3 is 0 Å². The van der Waals surface area contributed by atoms with Gasteiger partial charge in [0.1, 0.15) is 0 Å². The van der Waals surface area contributed by atoms with Crippen LogP contribution in [0.15, 0.2) is 24.3 Å². The van der Waals surface area contributed by atoms with Crippen molar-refractivity contribution < 1.29 is 0 Å². The van der Waals surface area contributed by atoms with Gasteiger partial charge in [0.05, 0.1) is 5.52 Å². The molecule has 0 fully saturated rings. The largest absolute Gasteiger partial charge is 0.305 e. The Balaban J connectivity index is 2.57. The highest BCUT2D eigenvalue weighted by atomic mass is 15.0. The Bertz CT molecular complexity index is 602. The SMILES string of the molecule is CCCCc1nc2ccccc2c(CN(C)C)c1CCCC. The van der Waals surface area contributed by atoms with Crippen LogP contribution in [0.3, 0.4) is 0 Å². The highest BCUT2D eigenvalue weighted by Crippen LogP contribution is 2.27. The third kappa shape index (κ3) is 4.07. The van der Waals surface area contributed by atoms with Crippen LogP contribution in [0.25, 0.3) is 10.9 Å². The molecule has 0 aliphatic rings. The lowest BCUT2D eigenvalue weighted by atomic mass is 9.94. The molecule has 0 aliphatic heterocycles. The smallest absolute Gasteiger partial charge is 0.0708 e. The molecule has 2 nitrogen and oxygen atoms in total. The van der Waals surface area contributed by atoms with Crippen molar-refractivity contribution in [3.8, 4) is 0 Å². The standard InChI is InChI=1S/C20H30N2/c1-5-7-11-16-18(15-22(3)4)17-12-9-10-14-20(17)21-19(16)13-8-6-2/h9-10,12,14H,5-8,11,13,15H2,1-4H3. The number of aromatic nitrogens is 1. The van der Waals surface area contributed by atoms with Crippen LogP contribution in [0.4, 0.5) is 0 Å². The number of nitrogens with zero attached hydrogens (tertiary/aromatic N) is 2. The number of aryl methyl sites for hydroxylation is 1. The van der Waals surface area contributed by atoms with E-state index in [2.05, 4.69) is 57.1 Å². The van der Waals surface area contributed by atoms with E-state index in [0.29, 0.717) is 0 Å². The average molecular weight is 298 g/mol. The number of rotatable bonds is 8. The van der Waals surface area contributed by atoms with Crippen molar-refractivity contribution in [2.75, 3.05) is 14.1 Å². The molecule has 2 rings (SSSR count). The minimum Gasteiger partial charge on any atom is -0.305 e. The number of pyridine rings is 1. The maximum atomic E-state index is 5.02. The summed E-state index contributed by atoms with van der Waals surface area (Å²) in [5, 5.41) is 1.34. The predicted octanol–water partition coefficient (Wildman–Crippen LogP) is 4.98. The number of hydrogen-bond donors (Lipinski definition) is 0. The lowest BCUT2D eigenvalue weighted by Crippen LogP contribution is -2.15. The average Bonchev–Trinajstić information content (AvgIpc) is 2.51. The number of para-hydroxylation sites is 1. The van der Waals surface area contributed by atoms with E-state index in [1.54, 1.807) is 0 Å². The maximum Gasteiger partial charge on any atom is 0.0708 e. The van der Waals surface area contributed by atoms with Crippen LogP contribution >= 0.6 is 0 Å². The lowest BCUT2D eigenvalue weighted by Gasteiger charge is -2.20. The van der Waals surface area contributed by atoms with Gasteiger partial charge < -0.3 is 4.90 Å². The van der Waals surface area contributed by atoms with Gasteiger partial charge in [0, 0.05) is 17.6 Å². The normalized spacial score (nSPS) is 11.5. The Labute approximate surface area is 135 Å². The number of unbranched alkanes of at least 4 members (excludes halogenated alkanes) is 2. The van der Waals surface area contributed by atoms with E-state index in [1.165, 1.54) is 47.9 Å². The van der Waals surface area contributed by atoms with Gasteiger partial charge in [-0.2, -0.15) is 0 Å². The second-order valence-corrected chi connectivity index (χ2v) is 6.48. The van der Waals surface area contributed by atoms with Crippen molar-refractivity contribution in [2.24, 2.45) is 0 Å². The van der Waals surface area contributed by atoms with E-state index in [4.69, 9.17) is 4.98 Å².